The van der Waals surface area contributed by atoms with Crippen LogP contribution in [0.2, 0.25) is 0 Å². The number of Topliss-reactive ketones (excluding diaryl/α,β-unsaturated/α-hetero) is 1. The predicted molar refractivity (Wildman–Crippen MR) is 81.8 cm³/mol. The minimum atomic E-state index is 0.182. The summed E-state index contributed by atoms with van der Waals surface area (Å²) in [4.78, 5) is 14.6. The summed E-state index contributed by atoms with van der Waals surface area (Å²) in [7, 11) is 0. The summed E-state index contributed by atoms with van der Waals surface area (Å²) in [5, 5.41) is 3.27. The maximum atomic E-state index is 12.4. The van der Waals surface area contributed by atoms with Crippen molar-refractivity contribution in [2.45, 2.75) is 26.7 Å². The van der Waals surface area contributed by atoms with Gasteiger partial charge in [0.25, 0.3) is 0 Å². The van der Waals surface area contributed by atoms with E-state index in [0.29, 0.717) is 13.2 Å². The molecule has 1 aliphatic rings. The van der Waals surface area contributed by atoms with Crippen LogP contribution in [0.15, 0.2) is 18.2 Å². The smallest absolute Gasteiger partial charge is 0.176 e. The summed E-state index contributed by atoms with van der Waals surface area (Å²) in [5.41, 5.74) is 1.69. The van der Waals surface area contributed by atoms with Gasteiger partial charge in [0, 0.05) is 12.1 Å². The molecular weight excluding hydrogens is 252 g/mol. The highest BCUT2D eigenvalue weighted by atomic mass is 16.5. The number of ether oxygens (including phenoxy) is 1. The zero-order chi connectivity index (χ0) is 14.4. The van der Waals surface area contributed by atoms with Crippen molar-refractivity contribution in [2.75, 3.05) is 38.1 Å². The Balaban J connectivity index is 2.04. The van der Waals surface area contributed by atoms with Crippen LogP contribution in [0.5, 0.6) is 5.75 Å². The van der Waals surface area contributed by atoms with Crippen molar-refractivity contribution in [3.63, 3.8) is 0 Å². The summed E-state index contributed by atoms with van der Waals surface area (Å²) in [6, 6.07) is 5.66. The standard InChI is InChI=1S/C16H24N2O2/c1-3-8-18(9-4-2)12-15(19)13-5-6-16-14(11-13)17-7-10-20-16/h5-6,11,17H,3-4,7-10,12H2,1-2H3. The van der Waals surface area contributed by atoms with Gasteiger partial charge in [-0.2, -0.15) is 0 Å². The largest absolute Gasteiger partial charge is 0.490 e. The molecule has 4 nitrogen and oxygen atoms in total. The normalized spacial score (nSPS) is 13.6. The summed E-state index contributed by atoms with van der Waals surface area (Å²) >= 11 is 0. The molecule has 20 heavy (non-hydrogen) atoms. The number of anilines is 1. The first-order valence-corrected chi connectivity index (χ1v) is 7.50. The van der Waals surface area contributed by atoms with E-state index in [2.05, 4.69) is 24.1 Å². The molecule has 0 bridgehead atoms. The Hall–Kier alpha value is -1.55. The molecule has 0 saturated heterocycles. The van der Waals surface area contributed by atoms with E-state index in [9.17, 15) is 4.79 Å². The molecule has 4 heteroatoms. The van der Waals surface area contributed by atoms with Crippen LogP contribution in [0.3, 0.4) is 0 Å². The summed E-state index contributed by atoms with van der Waals surface area (Å²) in [5.74, 6) is 1.02. The molecule has 0 fully saturated rings. The van der Waals surface area contributed by atoms with E-state index in [1.165, 1.54) is 0 Å². The molecule has 2 rings (SSSR count). The van der Waals surface area contributed by atoms with Gasteiger partial charge < -0.3 is 10.1 Å². The third kappa shape index (κ3) is 3.73. The fourth-order valence-corrected chi connectivity index (χ4v) is 2.51. The SMILES string of the molecule is CCCN(CCC)CC(=O)c1ccc2c(c1)NCCO2. The van der Waals surface area contributed by atoms with Gasteiger partial charge in [0.1, 0.15) is 12.4 Å². The lowest BCUT2D eigenvalue weighted by Crippen LogP contribution is -2.31. The highest BCUT2D eigenvalue weighted by Crippen LogP contribution is 2.28. The highest BCUT2D eigenvalue weighted by Gasteiger charge is 2.15. The van der Waals surface area contributed by atoms with Crippen molar-refractivity contribution in [2.24, 2.45) is 0 Å². The lowest BCUT2D eigenvalue weighted by Gasteiger charge is -2.22. The van der Waals surface area contributed by atoms with Crippen LogP contribution in [0.25, 0.3) is 0 Å². The van der Waals surface area contributed by atoms with E-state index in [-0.39, 0.29) is 5.78 Å². The van der Waals surface area contributed by atoms with E-state index in [0.717, 1.165) is 49.5 Å². The molecule has 0 amide bonds. The quantitative estimate of drug-likeness (QED) is 0.778. The van der Waals surface area contributed by atoms with Crippen LogP contribution in [-0.4, -0.2) is 43.5 Å². The minimum absolute atomic E-state index is 0.182. The maximum Gasteiger partial charge on any atom is 0.176 e. The number of carbonyl (C=O) groups is 1. The van der Waals surface area contributed by atoms with Gasteiger partial charge in [-0.25, -0.2) is 0 Å². The average molecular weight is 276 g/mol. The molecule has 1 N–H and O–H groups in total. The van der Waals surface area contributed by atoms with Crippen LogP contribution in [0.1, 0.15) is 37.0 Å². The van der Waals surface area contributed by atoms with Gasteiger partial charge in [-0.15, -0.1) is 0 Å². The lowest BCUT2D eigenvalue weighted by atomic mass is 10.1. The van der Waals surface area contributed by atoms with Crippen LogP contribution >= 0.6 is 0 Å². The molecule has 0 atom stereocenters. The van der Waals surface area contributed by atoms with Crippen molar-refractivity contribution >= 4 is 11.5 Å². The first kappa shape index (κ1) is 14.9. The van der Waals surface area contributed by atoms with Gasteiger partial charge in [-0.05, 0) is 44.1 Å². The van der Waals surface area contributed by atoms with Crippen LogP contribution in [0.4, 0.5) is 5.69 Å². The van der Waals surface area contributed by atoms with Gasteiger partial charge >= 0.3 is 0 Å². The van der Waals surface area contributed by atoms with Crippen molar-refractivity contribution in [3.8, 4) is 5.75 Å². The number of nitrogens with zero attached hydrogens (tertiary/aromatic N) is 1. The molecule has 110 valence electrons. The topological polar surface area (TPSA) is 41.6 Å². The number of rotatable bonds is 7. The minimum Gasteiger partial charge on any atom is -0.490 e. The lowest BCUT2D eigenvalue weighted by molar-refractivity contribution is 0.0930. The highest BCUT2D eigenvalue weighted by molar-refractivity contribution is 5.98. The molecule has 1 aromatic rings. The van der Waals surface area contributed by atoms with Crippen molar-refractivity contribution in [3.05, 3.63) is 23.8 Å². The number of hydrogen-bond acceptors (Lipinski definition) is 4. The van der Waals surface area contributed by atoms with Gasteiger partial charge in [-0.3, -0.25) is 9.69 Å². The first-order valence-electron chi connectivity index (χ1n) is 7.50. The fourth-order valence-electron chi connectivity index (χ4n) is 2.51. The maximum absolute atomic E-state index is 12.4. The Morgan fingerprint density at radius 2 is 2.05 bits per heavy atom. The van der Waals surface area contributed by atoms with Crippen molar-refractivity contribution in [1.29, 1.82) is 0 Å². The second kappa shape index (κ2) is 7.29. The monoisotopic (exact) mass is 276 g/mol. The van der Waals surface area contributed by atoms with Crippen LogP contribution in [0, 0.1) is 0 Å². The Kier molecular flexibility index (Phi) is 5.41. The predicted octanol–water partition coefficient (Wildman–Crippen LogP) is 2.80. The zero-order valence-electron chi connectivity index (χ0n) is 12.4. The van der Waals surface area contributed by atoms with E-state index in [1.54, 1.807) is 0 Å². The molecule has 0 spiro atoms. The van der Waals surface area contributed by atoms with Gasteiger partial charge in [0.2, 0.25) is 0 Å². The summed E-state index contributed by atoms with van der Waals surface area (Å²) in [6.07, 6.45) is 2.15. The van der Waals surface area contributed by atoms with E-state index in [4.69, 9.17) is 4.74 Å². The number of ketones is 1. The molecule has 0 aromatic heterocycles. The Morgan fingerprint density at radius 1 is 1.30 bits per heavy atom. The van der Waals surface area contributed by atoms with E-state index < -0.39 is 0 Å². The van der Waals surface area contributed by atoms with Crippen LogP contribution < -0.4 is 10.1 Å². The van der Waals surface area contributed by atoms with Gasteiger partial charge in [0.15, 0.2) is 5.78 Å². The molecule has 0 saturated carbocycles. The molecule has 0 aliphatic carbocycles. The molecule has 1 heterocycles. The number of nitrogens with one attached hydrogen (secondary N) is 1. The van der Waals surface area contributed by atoms with Gasteiger partial charge in [-0.1, -0.05) is 13.8 Å². The van der Waals surface area contributed by atoms with Crippen molar-refractivity contribution < 1.29 is 9.53 Å². The van der Waals surface area contributed by atoms with Crippen molar-refractivity contribution in [1.82, 2.24) is 4.90 Å². The van der Waals surface area contributed by atoms with Crippen LogP contribution in [-0.2, 0) is 0 Å². The molecule has 1 aliphatic heterocycles. The molecule has 0 unspecified atom stereocenters. The third-order valence-corrected chi connectivity index (χ3v) is 3.42. The van der Waals surface area contributed by atoms with E-state index in [1.807, 2.05) is 18.2 Å². The zero-order valence-corrected chi connectivity index (χ0v) is 12.4. The average Bonchev–Trinajstić information content (AvgIpc) is 2.47. The second-order valence-corrected chi connectivity index (χ2v) is 5.19. The number of benzene rings is 1. The summed E-state index contributed by atoms with van der Waals surface area (Å²) in [6.45, 7) is 8.23. The van der Waals surface area contributed by atoms with E-state index >= 15 is 0 Å². The Morgan fingerprint density at radius 3 is 2.75 bits per heavy atom. The first-order chi connectivity index (χ1) is 9.74. The molecular formula is C16H24N2O2. The number of carbonyl (C=O) groups excluding carboxylic acids is 1. The molecule has 0 radical (unpaired) electrons. The molecule has 1 aromatic carbocycles. The number of hydrogen-bond donors (Lipinski definition) is 1. The number of fused-ring (bicyclic) bond motifs is 1. The fraction of sp³-hybridized carbons (Fsp3) is 0.562. The second-order valence-electron chi connectivity index (χ2n) is 5.19. The summed E-state index contributed by atoms with van der Waals surface area (Å²) < 4.78 is 5.53. The Bertz CT molecular complexity index is 454. The van der Waals surface area contributed by atoms with Gasteiger partial charge in [0.05, 0.1) is 12.2 Å². The Labute approximate surface area is 121 Å². The third-order valence-electron chi connectivity index (χ3n) is 3.42.